The molecule has 0 aliphatic carbocycles. The molecule has 342 valence electrons. The summed E-state index contributed by atoms with van der Waals surface area (Å²) in [5, 5.41) is 45.4. The highest BCUT2D eigenvalue weighted by Crippen LogP contribution is 2.65. The number of likely N-dealkylation sites (N-methyl/N-ethyl adjacent to an activating group) is 1. The first kappa shape index (κ1) is 43.2. The van der Waals surface area contributed by atoms with Crippen LogP contribution in [0, 0.1) is 35.3 Å². The van der Waals surface area contributed by atoms with E-state index in [1.807, 2.05) is 20.0 Å². The molecule has 7 heterocycles. The number of non-ortho nitro benzene ring substituents is 1. The van der Waals surface area contributed by atoms with Gasteiger partial charge in [0.2, 0.25) is 6.79 Å². The predicted molar refractivity (Wildman–Crippen MR) is 234 cm³/mol. The van der Waals surface area contributed by atoms with E-state index in [2.05, 4.69) is 15.9 Å². The second-order valence-electron chi connectivity index (χ2n) is 17.4. The van der Waals surface area contributed by atoms with Crippen molar-refractivity contribution in [2.75, 3.05) is 47.0 Å². The minimum atomic E-state index is -1.93. The van der Waals surface area contributed by atoms with Crippen LogP contribution in [0.25, 0.3) is 0 Å². The summed E-state index contributed by atoms with van der Waals surface area (Å²) in [7, 11) is 4.78. The molecule has 0 saturated carbocycles. The number of phenolic OH excluding ortho intramolecular Hbond substituents is 2. The van der Waals surface area contributed by atoms with Gasteiger partial charge in [0.25, 0.3) is 11.6 Å². The SMILES string of the molecule is COc1cc2c(cc1O)CCN(C(=O)c1ccc([N+](=O)[O-])cc1)[C@]21CS[C@@H]2c3c(OC(C)=O)c(C)c4c(c3[C@@H](COC1=O)N1[C@@H]2[C@H]2c3c(cc(C)c(OC)c3O)C[C@@H]([C@@H]1C#N)N2C)OCO4. The molecule has 18 nitrogen and oxygen atoms in total. The summed E-state index contributed by atoms with van der Waals surface area (Å²) in [4.78, 5) is 60.5. The van der Waals surface area contributed by atoms with Gasteiger partial charge in [-0.25, -0.2) is 4.79 Å². The van der Waals surface area contributed by atoms with Crippen molar-refractivity contribution in [3.8, 4) is 46.3 Å². The lowest BCUT2D eigenvalue weighted by Crippen LogP contribution is -2.69. The van der Waals surface area contributed by atoms with Crippen LogP contribution < -0.4 is 23.7 Å². The van der Waals surface area contributed by atoms with E-state index in [1.54, 1.807) is 6.92 Å². The fourth-order valence-electron chi connectivity index (χ4n) is 11.4. The van der Waals surface area contributed by atoms with E-state index < -0.39 is 63.8 Å². The van der Waals surface area contributed by atoms with E-state index in [9.17, 15) is 30.4 Å². The molecule has 1 amide bonds. The molecule has 4 aromatic carbocycles. The normalized spacial score (nSPS) is 26.0. The Kier molecular flexibility index (Phi) is 10.3. The first-order valence-electron chi connectivity index (χ1n) is 21.3. The standard InChI is InChI=1S/C47H45N5O13S/c1-21-13-26-14-29-30(17-48)51-31-18-62-46(57)47(28-16-33(60-5)32(54)15-25(28)11-12-50(47)45(56)24-7-9-27(10-8-24)52(58)59)19-66-44(38(51)37(49(29)4)34(26)39(55)40(21)61-6)36-35(31)43-42(63-20-64-43)22(2)41(36)65-23(3)53/h7-10,13,15-16,29-31,37-38,44,54-55H,11-12,14,18-20H2,1-6H3/t29-,30-,31+,37+,38+,44+,47+/m0/s1. The largest absolute Gasteiger partial charge is 0.504 e. The second-order valence-corrected chi connectivity index (χ2v) is 18.5. The smallest absolute Gasteiger partial charge is 0.337 e. The second kappa shape index (κ2) is 15.7. The van der Waals surface area contributed by atoms with Gasteiger partial charge in [0.05, 0.1) is 42.5 Å². The Morgan fingerprint density at radius 1 is 1.00 bits per heavy atom. The van der Waals surface area contributed by atoms with Gasteiger partial charge in [0.15, 0.2) is 40.0 Å². The van der Waals surface area contributed by atoms with Crippen LogP contribution in [-0.2, 0) is 32.7 Å². The summed E-state index contributed by atoms with van der Waals surface area (Å²) in [6.45, 7) is 4.35. The Bertz CT molecular complexity index is 2830. The van der Waals surface area contributed by atoms with Crippen molar-refractivity contribution in [3.63, 3.8) is 0 Å². The maximum atomic E-state index is 15.6. The van der Waals surface area contributed by atoms with E-state index in [1.165, 1.54) is 74.2 Å². The first-order valence-corrected chi connectivity index (χ1v) is 22.4. The number of nitro benzene ring substituents is 1. The third kappa shape index (κ3) is 6.03. The predicted octanol–water partition coefficient (Wildman–Crippen LogP) is 5.45. The third-order valence-electron chi connectivity index (χ3n) is 14.2. The van der Waals surface area contributed by atoms with E-state index >= 15 is 9.59 Å². The van der Waals surface area contributed by atoms with Gasteiger partial charge in [0.1, 0.15) is 18.4 Å². The van der Waals surface area contributed by atoms with Gasteiger partial charge in [-0.05, 0) is 80.3 Å². The van der Waals surface area contributed by atoms with Crippen LogP contribution in [0.2, 0.25) is 0 Å². The van der Waals surface area contributed by atoms with Crippen LogP contribution in [-0.4, -0.2) is 113 Å². The van der Waals surface area contributed by atoms with Crippen LogP contribution in [0.15, 0.2) is 42.5 Å². The van der Waals surface area contributed by atoms with Crippen molar-refractivity contribution in [2.24, 2.45) is 0 Å². The van der Waals surface area contributed by atoms with Crippen LogP contribution in [0.4, 0.5) is 5.69 Å². The van der Waals surface area contributed by atoms with Crippen LogP contribution in [0.5, 0.6) is 40.2 Å². The lowest BCUT2D eigenvalue weighted by Gasteiger charge is -2.62. The molecule has 2 N–H and O–H groups in total. The molecule has 4 bridgehead atoms. The first-order chi connectivity index (χ1) is 31.7. The Labute approximate surface area is 382 Å². The minimum absolute atomic E-state index is 0.0229. The highest BCUT2D eigenvalue weighted by molar-refractivity contribution is 7.99. The number of hydrogen-bond acceptors (Lipinski definition) is 17. The summed E-state index contributed by atoms with van der Waals surface area (Å²) >= 11 is 1.28. The number of nitro groups is 1. The number of methoxy groups -OCH3 is 2. The van der Waals surface area contributed by atoms with Crippen molar-refractivity contribution < 1.29 is 57.9 Å². The number of nitrogens with zero attached hydrogens (tertiary/aromatic N) is 5. The Balaban J connectivity index is 1.25. The molecular weight excluding hydrogens is 875 g/mol. The summed E-state index contributed by atoms with van der Waals surface area (Å²) in [6, 6.07) is 9.23. The molecule has 7 aliphatic heterocycles. The number of benzene rings is 4. The van der Waals surface area contributed by atoms with Crippen LogP contribution in [0.1, 0.15) is 79.1 Å². The molecule has 19 heteroatoms. The zero-order valence-corrected chi connectivity index (χ0v) is 37.6. The van der Waals surface area contributed by atoms with Crippen molar-refractivity contribution in [3.05, 3.63) is 103 Å². The topological polar surface area (TPSA) is 224 Å². The average Bonchev–Trinajstić information content (AvgIpc) is 3.79. The number of nitriles is 1. The molecule has 1 spiro atoms. The Morgan fingerprint density at radius 2 is 1.74 bits per heavy atom. The molecule has 0 radical (unpaired) electrons. The number of fused-ring (bicyclic) bond motifs is 9. The summed E-state index contributed by atoms with van der Waals surface area (Å²) < 4.78 is 36.4. The monoisotopic (exact) mass is 919 g/mol. The average molecular weight is 920 g/mol. The molecule has 2 fully saturated rings. The number of aromatic hydroxyl groups is 2. The molecule has 11 rings (SSSR count). The van der Waals surface area contributed by atoms with Gasteiger partial charge in [-0.3, -0.25) is 29.5 Å². The lowest BCUT2D eigenvalue weighted by atomic mass is 9.71. The van der Waals surface area contributed by atoms with Crippen LogP contribution in [0.3, 0.4) is 0 Å². The molecule has 0 unspecified atom stereocenters. The molecule has 0 aromatic heterocycles. The zero-order chi connectivity index (χ0) is 46.7. The van der Waals surface area contributed by atoms with Crippen molar-refractivity contribution >= 4 is 35.3 Å². The van der Waals surface area contributed by atoms with E-state index in [4.69, 9.17) is 28.4 Å². The summed E-state index contributed by atoms with van der Waals surface area (Å²) in [6.07, 6.45) is 0.614. The number of hydrogen-bond donors (Lipinski definition) is 2. The Morgan fingerprint density at radius 3 is 2.42 bits per heavy atom. The molecule has 7 aliphatic rings. The van der Waals surface area contributed by atoms with Gasteiger partial charge in [-0.15, -0.1) is 11.8 Å². The van der Waals surface area contributed by atoms with Gasteiger partial charge in [-0.1, -0.05) is 6.07 Å². The molecule has 7 atom stereocenters. The molecule has 66 heavy (non-hydrogen) atoms. The highest BCUT2D eigenvalue weighted by atomic mass is 32.2. The maximum absolute atomic E-state index is 15.6. The quantitative estimate of drug-likeness (QED) is 0.110. The number of thioether (sulfide) groups is 1. The minimum Gasteiger partial charge on any atom is -0.504 e. The lowest BCUT2D eigenvalue weighted by molar-refractivity contribution is -0.384. The number of esters is 2. The van der Waals surface area contributed by atoms with Crippen molar-refractivity contribution in [2.45, 2.75) is 74.6 Å². The van der Waals surface area contributed by atoms with Gasteiger partial charge in [-0.2, -0.15) is 5.26 Å². The van der Waals surface area contributed by atoms with Crippen LogP contribution >= 0.6 is 11.8 Å². The molecular formula is C47H45N5O13S. The van der Waals surface area contributed by atoms with Crippen molar-refractivity contribution in [1.29, 1.82) is 5.26 Å². The van der Waals surface area contributed by atoms with Crippen molar-refractivity contribution in [1.82, 2.24) is 14.7 Å². The maximum Gasteiger partial charge on any atom is 0.337 e. The third-order valence-corrected chi connectivity index (χ3v) is 15.7. The van der Waals surface area contributed by atoms with Gasteiger partial charge < -0.3 is 43.5 Å². The number of carbonyl (C=O) groups excluding carboxylic acids is 3. The number of ether oxygens (including phenoxy) is 6. The summed E-state index contributed by atoms with van der Waals surface area (Å²) in [5.74, 6) is -1.19. The van der Waals surface area contributed by atoms with E-state index in [0.29, 0.717) is 57.1 Å². The molecule has 4 aromatic rings. The van der Waals surface area contributed by atoms with E-state index in [-0.39, 0.29) is 66.4 Å². The molecule has 2 saturated heterocycles. The Hall–Kier alpha value is -6.75. The fourth-order valence-corrected chi connectivity index (χ4v) is 13.2. The number of rotatable bonds is 5. The number of phenols is 2. The number of amides is 1. The number of piperazine rings is 1. The van der Waals surface area contributed by atoms with E-state index in [0.717, 1.165) is 11.1 Å². The van der Waals surface area contributed by atoms with Gasteiger partial charge in [0, 0.05) is 71.3 Å². The number of aryl methyl sites for hydroxylation is 1. The number of carbonyl (C=O) groups is 3. The zero-order valence-electron chi connectivity index (χ0n) is 36.8. The highest BCUT2D eigenvalue weighted by Gasteiger charge is 2.63. The summed E-state index contributed by atoms with van der Waals surface area (Å²) in [5.41, 5.74) is 2.52. The van der Waals surface area contributed by atoms with Gasteiger partial charge >= 0.3 is 11.9 Å². The fraction of sp³-hybridized carbons (Fsp3) is 0.404.